The predicted octanol–water partition coefficient (Wildman–Crippen LogP) is 2.44. The Morgan fingerprint density at radius 2 is 2.03 bits per heavy atom. The summed E-state index contributed by atoms with van der Waals surface area (Å²) in [6.07, 6.45) is 1.83. The van der Waals surface area contributed by atoms with Gasteiger partial charge in [0.05, 0.1) is 23.7 Å². The third kappa shape index (κ3) is 3.56. The number of halogens is 1. The average Bonchev–Trinajstić information content (AvgIpc) is 3.38. The molecule has 2 aromatic heterocycles. The van der Waals surface area contributed by atoms with E-state index in [2.05, 4.69) is 20.6 Å². The summed E-state index contributed by atoms with van der Waals surface area (Å²) in [5, 5.41) is 41.4. The zero-order valence-electron chi connectivity index (χ0n) is 16.7. The van der Waals surface area contributed by atoms with Crippen LogP contribution >= 0.6 is 11.6 Å². The molecule has 0 spiro atoms. The number of nitrogens with zero attached hydrogens (tertiary/aromatic N) is 6. The Morgan fingerprint density at radius 3 is 2.77 bits per heavy atom. The fourth-order valence-corrected chi connectivity index (χ4v) is 3.78. The van der Waals surface area contributed by atoms with Crippen LogP contribution in [0.2, 0.25) is 5.02 Å². The van der Waals surface area contributed by atoms with Crippen LogP contribution in [0.3, 0.4) is 0 Å². The smallest absolute Gasteiger partial charge is 0.229 e. The van der Waals surface area contributed by atoms with E-state index in [0.29, 0.717) is 28.5 Å². The fourth-order valence-electron chi connectivity index (χ4n) is 3.63. The molecule has 3 heterocycles. The Kier molecular flexibility index (Phi) is 5.52. The maximum absolute atomic E-state index is 10.2. The van der Waals surface area contributed by atoms with E-state index in [1.807, 2.05) is 18.7 Å². The summed E-state index contributed by atoms with van der Waals surface area (Å²) >= 11 is 5.84. The van der Waals surface area contributed by atoms with Gasteiger partial charge in [-0.25, -0.2) is 4.68 Å². The molecule has 4 N–H and O–H groups in total. The van der Waals surface area contributed by atoms with Crippen LogP contribution in [0.4, 0.5) is 11.8 Å². The molecule has 0 unspecified atom stereocenters. The van der Waals surface area contributed by atoms with Gasteiger partial charge >= 0.3 is 0 Å². The Balaban J connectivity index is 1.73. The van der Waals surface area contributed by atoms with Crippen molar-refractivity contribution in [2.75, 3.05) is 23.4 Å². The van der Waals surface area contributed by atoms with Crippen molar-refractivity contribution in [2.45, 2.75) is 45.3 Å². The topological polar surface area (TPSA) is 132 Å². The molecule has 4 rings (SSSR count). The quantitative estimate of drug-likeness (QED) is 0.432. The van der Waals surface area contributed by atoms with Gasteiger partial charge in [0.1, 0.15) is 0 Å². The van der Waals surface area contributed by atoms with Gasteiger partial charge in [-0.2, -0.15) is 9.97 Å². The van der Waals surface area contributed by atoms with E-state index in [-0.39, 0.29) is 41.8 Å². The van der Waals surface area contributed by atoms with E-state index in [1.165, 1.54) is 6.07 Å². The van der Waals surface area contributed by atoms with Crippen molar-refractivity contribution in [3.05, 3.63) is 22.7 Å². The number of fused-ring (bicyclic) bond motifs is 1. The molecule has 1 atom stereocenters. The van der Waals surface area contributed by atoms with Crippen LogP contribution in [0.15, 0.2) is 12.1 Å². The average molecular weight is 434 g/mol. The third-order valence-corrected chi connectivity index (χ3v) is 5.58. The minimum absolute atomic E-state index is 0.0315. The molecule has 0 amide bonds. The number of hydrogen-bond donors (Lipinski definition) is 4. The molecular weight excluding hydrogens is 410 g/mol. The van der Waals surface area contributed by atoms with Crippen LogP contribution < -0.4 is 10.2 Å². The van der Waals surface area contributed by atoms with Gasteiger partial charge in [-0.1, -0.05) is 22.9 Å². The van der Waals surface area contributed by atoms with Crippen molar-refractivity contribution in [3.63, 3.8) is 0 Å². The summed E-state index contributed by atoms with van der Waals surface area (Å²) in [6, 6.07) is 3.16. The highest BCUT2D eigenvalue weighted by molar-refractivity contribution is 6.32. The fraction of sp³-hybridized carbons (Fsp3) is 0.474. The second-order valence-electron chi connectivity index (χ2n) is 7.60. The summed E-state index contributed by atoms with van der Waals surface area (Å²) < 4.78 is 1.72. The number of benzene rings is 1. The summed E-state index contributed by atoms with van der Waals surface area (Å²) in [4.78, 5) is 11.3. The van der Waals surface area contributed by atoms with Gasteiger partial charge in [0.15, 0.2) is 28.5 Å². The Hall–Kier alpha value is -2.85. The van der Waals surface area contributed by atoms with E-state index in [0.717, 1.165) is 19.4 Å². The van der Waals surface area contributed by atoms with Crippen molar-refractivity contribution in [1.29, 1.82) is 0 Å². The van der Waals surface area contributed by atoms with Crippen LogP contribution in [0.5, 0.6) is 11.5 Å². The number of anilines is 2. The predicted molar refractivity (Wildman–Crippen MR) is 113 cm³/mol. The van der Waals surface area contributed by atoms with Gasteiger partial charge in [0.25, 0.3) is 0 Å². The molecule has 0 saturated carbocycles. The summed E-state index contributed by atoms with van der Waals surface area (Å²) in [5.41, 5.74) is 1.55. The molecular formula is C19H24ClN7O3. The molecule has 1 aliphatic heterocycles. The highest BCUT2D eigenvalue weighted by atomic mass is 35.5. The number of phenols is 2. The van der Waals surface area contributed by atoms with Gasteiger partial charge in [-0.3, -0.25) is 0 Å². The largest absolute Gasteiger partial charge is 0.504 e. The molecule has 0 aliphatic carbocycles. The Morgan fingerprint density at radius 1 is 1.23 bits per heavy atom. The van der Waals surface area contributed by atoms with Crippen molar-refractivity contribution in [3.8, 4) is 11.5 Å². The normalized spacial score (nSPS) is 16.7. The lowest BCUT2D eigenvalue weighted by Crippen LogP contribution is -2.33. The lowest BCUT2D eigenvalue weighted by molar-refractivity contribution is 0.265. The van der Waals surface area contributed by atoms with Gasteiger partial charge in [0.2, 0.25) is 5.95 Å². The van der Waals surface area contributed by atoms with Crippen LogP contribution in [-0.2, 0) is 6.54 Å². The molecule has 1 aromatic carbocycles. The minimum Gasteiger partial charge on any atom is -0.504 e. The number of aliphatic hydroxyl groups is 1. The zero-order valence-corrected chi connectivity index (χ0v) is 17.5. The van der Waals surface area contributed by atoms with Crippen LogP contribution in [0, 0.1) is 0 Å². The highest BCUT2D eigenvalue weighted by Gasteiger charge is 2.28. The van der Waals surface area contributed by atoms with Crippen molar-refractivity contribution >= 4 is 34.5 Å². The molecule has 1 aliphatic rings. The van der Waals surface area contributed by atoms with Crippen LogP contribution in [0.25, 0.3) is 11.2 Å². The third-order valence-electron chi connectivity index (χ3n) is 5.28. The van der Waals surface area contributed by atoms with Gasteiger partial charge in [-0.15, -0.1) is 5.10 Å². The standard InChI is InChI=1S/C19H24ClN7O3/c1-10(2)27-18-14(24-25-27)17(21-8-11-5-6-13(20)16(30)15(11)29)22-19(23-18)26-7-3-4-12(26)9-28/h5-6,10,12,28-30H,3-4,7-9H2,1-2H3,(H,21,22,23)/t12-/m1/s1. The van der Waals surface area contributed by atoms with Crippen molar-refractivity contribution in [2.24, 2.45) is 0 Å². The molecule has 1 saturated heterocycles. The maximum Gasteiger partial charge on any atom is 0.229 e. The summed E-state index contributed by atoms with van der Waals surface area (Å²) in [7, 11) is 0. The Bertz CT molecular complexity index is 1070. The highest BCUT2D eigenvalue weighted by Crippen LogP contribution is 2.36. The number of rotatable bonds is 6. The van der Waals surface area contributed by atoms with E-state index >= 15 is 0 Å². The van der Waals surface area contributed by atoms with E-state index in [1.54, 1.807) is 10.7 Å². The number of phenolic OH excluding ortho intramolecular Hbond substituents is 2. The number of aromatic hydroxyl groups is 2. The molecule has 10 nitrogen and oxygen atoms in total. The molecule has 1 fully saturated rings. The SMILES string of the molecule is CC(C)n1nnc2c(NCc3ccc(Cl)c(O)c3O)nc(N3CCC[C@@H]3CO)nc21. The molecule has 0 radical (unpaired) electrons. The first kappa shape index (κ1) is 20.4. The second-order valence-corrected chi connectivity index (χ2v) is 8.01. The van der Waals surface area contributed by atoms with Gasteiger partial charge < -0.3 is 25.5 Å². The van der Waals surface area contributed by atoms with Crippen LogP contribution in [-0.4, -0.2) is 59.5 Å². The molecule has 160 valence electrons. The number of nitrogens with one attached hydrogen (secondary N) is 1. The van der Waals surface area contributed by atoms with E-state index < -0.39 is 0 Å². The summed E-state index contributed by atoms with van der Waals surface area (Å²) in [6.45, 7) is 4.95. The Labute approximate surface area is 178 Å². The first-order valence-electron chi connectivity index (χ1n) is 9.84. The number of hydrogen-bond acceptors (Lipinski definition) is 9. The lowest BCUT2D eigenvalue weighted by atomic mass is 10.2. The van der Waals surface area contributed by atoms with E-state index in [9.17, 15) is 15.3 Å². The second kappa shape index (κ2) is 8.11. The summed E-state index contributed by atoms with van der Waals surface area (Å²) in [5.74, 6) is 0.303. The monoisotopic (exact) mass is 433 g/mol. The molecule has 30 heavy (non-hydrogen) atoms. The minimum atomic E-state index is -0.363. The van der Waals surface area contributed by atoms with Gasteiger partial charge in [-0.05, 0) is 32.8 Å². The van der Waals surface area contributed by atoms with Crippen molar-refractivity contribution < 1.29 is 15.3 Å². The van der Waals surface area contributed by atoms with Gasteiger partial charge in [0, 0.05) is 18.7 Å². The molecule has 0 bridgehead atoms. The zero-order chi connectivity index (χ0) is 21.4. The molecule has 3 aromatic rings. The molecule has 11 heteroatoms. The number of aromatic nitrogens is 5. The number of aliphatic hydroxyl groups excluding tert-OH is 1. The first-order chi connectivity index (χ1) is 14.4. The van der Waals surface area contributed by atoms with E-state index in [4.69, 9.17) is 16.6 Å². The maximum atomic E-state index is 10.2. The lowest BCUT2D eigenvalue weighted by Gasteiger charge is -2.23. The first-order valence-corrected chi connectivity index (χ1v) is 10.2. The van der Waals surface area contributed by atoms with Crippen molar-refractivity contribution in [1.82, 2.24) is 25.0 Å². The van der Waals surface area contributed by atoms with Crippen LogP contribution in [0.1, 0.15) is 38.3 Å².